The predicted octanol–water partition coefficient (Wildman–Crippen LogP) is 2.53. The minimum atomic E-state index is -0.248. The number of amides is 1. The van der Waals surface area contributed by atoms with E-state index >= 15 is 0 Å². The van der Waals surface area contributed by atoms with E-state index in [0.717, 1.165) is 37.9 Å². The van der Waals surface area contributed by atoms with Gasteiger partial charge in [-0.1, -0.05) is 12.8 Å². The third-order valence-corrected chi connectivity index (χ3v) is 5.72. The van der Waals surface area contributed by atoms with Crippen molar-refractivity contribution in [3.8, 4) is 17.2 Å². The lowest BCUT2D eigenvalue weighted by molar-refractivity contribution is -0.134. The third kappa shape index (κ3) is 3.71. The van der Waals surface area contributed by atoms with Gasteiger partial charge in [0.25, 0.3) is 0 Å². The molecular formula is C19H29ClN2O4. The van der Waals surface area contributed by atoms with Crippen LogP contribution in [0.1, 0.15) is 31.2 Å². The minimum absolute atomic E-state index is 0. The van der Waals surface area contributed by atoms with Gasteiger partial charge in [-0.15, -0.1) is 12.4 Å². The molecule has 0 bridgehead atoms. The fourth-order valence-corrected chi connectivity index (χ4v) is 4.27. The molecule has 6 nitrogen and oxygen atoms in total. The molecule has 1 aliphatic carbocycles. The molecule has 7 heteroatoms. The molecule has 1 saturated carbocycles. The first-order chi connectivity index (χ1) is 12.1. The number of hydrogen-bond acceptors (Lipinski definition) is 5. The molecule has 0 spiro atoms. The maximum atomic E-state index is 13.0. The smallest absolute Gasteiger partial charge is 0.228 e. The quantitative estimate of drug-likeness (QED) is 0.788. The molecule has 2 N–H and O–H groups in total. The highest BCUT2D eigenvalue weighted by Crippen LogP contribution is 2.44. The zero-order chi connectivity index (χ0) is 17.9. The van der Waals surface area contributed by atoms with Crippen LogP contribution in [0, 0.1) is 11.3 Å². The van der Waals surface area contributed by atoms with Crippen LogP contribution in [0.4, 0.5) is 0 Å². The highest BCUT2D eigenvalue weighted by molar-refractivity contribution is 5.85. The van der Waals surface area contributed by atoms with Crippen LogP contribution in [-0.4, -0.2) is 40.3 Å². The van der Waals surface area contributed by atoms with Gasteiger partial charge in [0.15, 0.2) is 11.5 Å². The summed E-state index contributed by atoms with van der Waals surface area (Å²) < 4.78 is 16.1. The first kappa shape index (κ1) is 20.6. The van der Waals surface area contributed by atoms with Crippen molar-refractivity contribution in [1.82, 2.24) is 10.6 Å². The summed E-state index contributed by atoms with van der Waals surface area (Å²) in [5.74, 6) is 2.52. The van der Waals surface area contributed by atoms with Crippen molar-refractivity contribution in [3.63, 3.8) is 0 Å². The van der Waals surface area contributed by atoms with Crippen LogP contribution in [0.5, 0.6) is 17.2 Å². The van der Waals surface area contributed by atoms with Crippen molar-refractivity contribution in [3.05, 3.63) is 17.7 Å². The number of nitrogens with one attached hydrogen (secondary N) is 2. The van der Waals surface area contributed by atoms with Crippen LogP contribution in [0.25, 0.3) is 0 Å². The van der Waals surface area contributed by atoms with Gasteiger partial charge in [-0.05, 0) is 31.4 Å². The standard InChI is InChI=1S/C19H28N2O4.ClH/c1-23-15-9-17(25-3)16(24-2)8-13(15)10-21-18(22)19-7-5-4-6-14(19)11-20-12-19;/h8-9,14,20H,4-7,10-12H2,1-3H3,(H,21,22);1H/t14-,19+;/m0./s1. The Kier molecular flexibility index (Phi) is 7.01. The van der Waals surface area contributed by atoms with Crippen molar-refractivity contribution in [2.24, 2.45) is 11.3 Å². The molecule has 0 radical (unpaired) electrons. The fourth-order valence-electron chi connectivity index (χ4n) is 4.27. The van der Waals surface area contributed by atoms with Gasteiger partial charge in [-0.3, -0.25) is 4.79 Å². The lowest BCUT2D eigenvalue weighted by Crippen LogP contribution is -2.47. The first-order valence-corrected chi connectivity index (χ1v) is 8.92. The summed E-state index contributed by atoms with van der Waals surface area (Å²) in [5, 5.41) is 6.56. The van der Waals surface area contributed by atoms with E-state index in [2.05, 4.69) is 10.6 Å². The Hall–Kier alpha value is -1.66. The van der Waals surface area contributed by atoms with Gasteiger partial charge < -0.3 is 24.8 Å². The average Bonchev–Trinajstić information content (AvgIpc) is 3.10. The molecule has 2 atom stereocenters. The minimum Gasteiger partial charge on any atom is -0.496 e. The molecule has 1 amide bonds. The van der Waals surface area contributed by atoms with E-state index in [9.17, 15) is 4.79 Å². The molecule has 26 heavy (non-hydrogen) atoms. The molecule has 1 saturated heterocycles. The maximum absolute atomic E-state index is 13.0. The van der Waals surface area contributed by atoms with Crippen molar-refractivity contribution >= 4 is 18.3 Å². The second-order valence-corrected chi connectivity index (χ2v) is 6.93. The number of carbonyl (C=O) groups is 1. The summed E-state index contributed by atoms with van der Waals surface area (Å²) >= 11 is 0. The molecule has 1 aromatic carbocycles. The first-order valence-electron chi connectivity index (χ1n) is 8.92. The summed E-state index contributed by atoms with van der Waals surface area (Å²) in [5.41, 5.74) is 0.630. The third-order valence-electron chi connectivity index (χ3n) is 5.72. The fraction of sp³-hybridized carbons (Fsp3) is 0.632. The lowest BCUT2D eigenvalue weighted by Gasteiger charge is -2.37. The Morgan fingerprint density at radius 2 is 1.85 bits per heavy atom. The number of benzene rings is 1. The van der Waals surface area contributed by atoms with E-state index in [-0.39, 0.29) is 23.7 Å². The molecule has 2 aliphatic rings. The van der Waals surface area contributed by atoms with Crippen LogP contribution in [0.3, 0.4) is 0 Å². The molecule has 2 fully saturated rings. The number of fused-ring (bicyclic) bond motifs is 1. The largest absolute Gasteiger partial charge is 0.496 e. The van der Waals surface area contributed by atoms with Crippen molar-refractivity contribution in [2.45, 2.75) is 32.2 Å². The van der Waals surface area contributed by atoms with Gasteiger partial charge in [-0.25, -0.2) is 0 Å². The van der Waals surface area contributed by atoms with Crippen molar-refractivity contribution in [1.29, 1.82) is 0 Å². The molecule has 1 aliphatic heterocycles. The number of halogens is 1. The number of hydrogen-bond donors (Lipinski definition) is 2. The normalized spacial score (nSPS) is 24.2. The zero-order valence-electron chi connectivity index (χ0n) is 15.7. The summed E-state index contributed by atoms with van der Waals surface area (Å²) in [4.78, 5) is 13.0. The molecule has 1 heterocycles. The van der Waals surface area contributed by atoms with Crippen molar-refractivity contribution in [2.75, 3.05) is 34.4 Å². The zero-order valence-corrected chi connectivity index (χ0v) is 16.5. The van der Waals surface area contributed by atoms with Crippen LogP contribution >= 0.6 is 12.4 Å². The van der Waals surface area contributed by atoms with Crippen LogP contribution in [0.15, 0.2) is 12.1 Å². The molecule has 1 aromatic rings. The number of ether oxygens (including phenoxy) is 3. The van der Waals surface area contributed by atoms with E-state index in [1.807, 2.05) is 6.07 Å². The van der Waals surface area contributed by atoms with Gasteiger partial charge in [0.05, 0.1) is 26.7 Å². The molecule has 0 unspecified atom stereocenters. The number of carbonyl (C=O) groups excluding carboxylic acids is 1. The van der Waals surface area contributed by atoms with E-state index in [4.69, 9.17) is 14.2 Å². The Morgan fingerprint density at radius 3 is 2.54 bits per heavy atom. The van der Waals surface area contributed by atoms with E-state index in [1.165, 1.54) is 6.42 Å². The van der Waals surface area contributed by atoms with Gasteiger partial charge in [-0.2, -0.15) is 0 Å². The Morgan fingerprint density at radius 1 is 1.15 bits per heavy atom. The highest BCUT2D eigenvalue weighted by atomic mass is 35.5. The molecular weight excluding hydrogens is 356 g/mol. The SMILES string of the molecule is COc1cc(OC)c(OC)cc1CNC(=O)[C@@]12CCCC[C@H]1CNC2.Cl. The second kappa shape index (κ2) is 8.82. The monoisotopic (exact) mass is 384 g/mol. The van der Waals surface area contributed by atoms with E-state index < -0.39 is 0 Å². The average molecular weight is 385 g/mol. The topological polar surface area (TPSA) is 68.8 Å². The predicted molar refractivity (Wildman–Crippen MR) is 102 cm³/mol. The van der Waals surface area contributed by atoms with Gasteiger partial charge >= 0.3 is 0 Å². The van der Waals surface area contributed by atoms with Crippen LogP contribution < -0.4 is 24.8 Å². The number of rotatable bonds is 6. The second-order valence-electron chi connectivity index (χ2n) is 6.93. The molecule has 146 valence electrons. The van der Waals surface area contributed by atoms with Gasteiger partial charge in [0.2, 0.25) is 5.91 Å². The summed E-state index contributed by atoms with van der Waals surface area (Å²) in [6.45, 7) is 2.15. The summed E-state index contributed by atoms with van der Waals surface area (Å²) in [6.07, 6.45) is 4.47. The van der Waals surface area contributed by atoms with Gasteiger partial charge in [0, 0.05) is 24.7 Å². The maximum Gasteiger partial charge on any atom is 0.228 e. The van der Waals surface area contributed by atoms with Crippen LogP contribution in [-0.2, 0) is 11.3 Å². The number of methoxy groups -OCH3 is 3. The highest BCUT2D eigenvalue weighted by Gasteiger charge is 2.49. The lowest BCUT2D eigenvalue weighted by atomic mass is 9.67. The van der Waals surface area contributed by atoms with E-state index in [1.54, 1.807) is 27.4 Å². The Balaban J connectivity index is 0.00000243. The molecule has 0 aromatic heterocycles. The van der Waals surface area contributed by atoms with Crippen molar-refractivity contribution < 1.29 is 19.0 Å². The Bertz CT molecular complexity index is 640. The summed E-state index contributed by atoms with van der Waals surface area (Å²) in [7, 11) is 4.81. The Labute approximate surface area is 161 Å². The van der Waals surface area contributed by atoms with E-state index in [0.29, 0.717) is 29.7 Å². The van der Waals surface area contributed by atoms with Gasteiger partial charge in [0.1, 0.15) is 5.75 Å². The van der Waals surface area contributed by atoms with Crippen LogP contribution in [0.2, 0.25) is 0 Å². The summed E-state index contributed by atoms with van der Waals surface area (Å²) in [6, 6.07) is 3.65. The molecule has 3 rings (SSSR count).